The monoisotopic (exact) mass is 104 g/mol. The van der Waals surface area contributed by atoms with Crippen LogP contribution in [0.5, 0.6) is 0 Å². The van der Waals surface area contributed by atoms with E-state index in [1.54, 1.807) is 0 Å². The molecular weight excluding hydrogens is 88.1 g/mol. The van der Waals surface area contributed by atoms with Crippen LogP contribution in [0.1, 0.15) is 16.1 Å². The Morgan fingerprint density at radius 1 is 1.86 bits per heavy atom. The van der Waals surface area contributed by atoms with E-state index >= 15 is 0 Å². The van der Waals surface area contributed by atoms with Crippen molar-refractivity contribution in [1.29, 1.82) is 0 Å². The Morgan fingerprint density at radius 2 is 2.57 bits per heavy atom. The highest BCUT2D eigenvalue weighted by Gasteiger charge is 1.77. The normalized spacial score (nSPS) is 15.7. The van der Waals surface area contributed by atoms with Crippen LogP contribution < -0.4 is 11.1 Å². The van der Waals surface area contributed by atoms with Gasteiger partial charge in [0, 0.05) is 2.74 Å². The molecule has 0 amide bonds. The van der Waals surface area contributed by atoms with Crippen molar-refractivity contribution in [3.05, 3.63) is 0 Å². The Morgan fingerprint density at radius 3 is 3.00 bits per heavy atom. The molecule has 2 heteroatoms. The molecule has 0 aliphatic carbocycles. The summed E-state index contributed by atoms with van der Waals surface area (Å²) in [6.07, 6.45) is 0.376. The van der Waals surface area contributed by atoms with Crippen LogP contribution in [-0.2, 0) is 0 Å². The minimum absolute atomic E-state index is 0.376. The van der Waals surface area contributed by atoms with Crippen LogP contribution in [0.2, 0.25) is 0 Å². The lowest BCUT2D eigenvalue weighted by Crippen LogP contribution is -2.17. The van der Waals surface area contributed by atoms with Gasteiger partial charge in [-0.2, -0.15) is 0 Å². The van der Waals surface area contributed by atoms with Crippen LogP contribution in [-0.4, -0.2) is 19.6 Å². The van der Waals surface area contributed by atoms with Gasteiger partial charge in [0.05, 0.1) is 0 Å². The molecule has 0 saturated heterocycles. The van der Waals surface area contributed by atoms with E-state index in [0.717, 1.165) is 6.54 Å². The number of rotatable bonds is 4. The lowest BCUT2D eigenvalue weighted by Gasteiger charge is -1.95. The fraction of sp³-hybridized carbons (Fsp3) is 1.00. The number of nitrogens with two attached hydrogens (primary N) is 1. The summed E-state index contributed by atoms with van der Waals surface area (Å²) in [6, 6.07) is 0. The second-order valence-electron chi connectivity index (χ2n) is 1.31. The molecule has 0 heterocycles. The summed E-state index contributed by atoms with van der Waals surface area (Å²) in [7, 11) is 0. The maximum absolute atomic E-state index is 6.91. The molecule has 0 spiro atoms. The van der Waals surface area contributed by atoms with Gasteiger partial charge < -0.3 is 11.1 Å². The topological polar surface area (TPSA) is 38.0 Å². The van der Waals surface area contributed by atoms with Crippen LogP contribution >= 0.6 is 0 Å². The Balaban J connectivity index is 3.07. The molecule has 0 fully saturated rings. The summed E-state index contributed by atoms with van der Waals surface area (Å²) >= 11 is 0. The van der Waals surface area contributed by atoms with Gasteiger partial charge in [-0.1, -0.05) is 6.92 Å². The molecule has 0 saturated carbocycles. The molecule has 0 unspecified atom stereocenters. The average Bonchev–Trinajstić information content (AvgIpc) is 1.63. The number of hydrogen-bond acceptors (Lipinski definition) is 2. The zero-order valence-corrected chi connectivity index (χ0v) is 4.70. The molecule has 0 aromatic heterocycles. The second kappa shape index (κ2) is 5.92. The standard InChI is InChI=1S/C5H14N2/c1-2-7-5-3-4-6/h7H,2-6H2,1H3/i4D2. The van der Waals surface area contributed by atoms with Gasteiger partial charge in [0.2, 0.25) is 0 Å². The first-order valence-corrected chi connectivity index (χ1v) is 2.56. The third kappa shape index (κ3) is 5.92. The van der Waals surface area contributed by atoms with Gasteiger partial charge in [-0.3, -0.25) is 0 Å². The Bertz CT molecular complexity index is 69.8. The van der Waals surface area contributed by atoms with Crippen LogP contribution in [0, 0.1) is 0 Å². The SMILES string of the molecule is [2H]C([2H])(N)CCNCC. The first kappa shape index (κ1) is 3.87. The predicted octanol–water partition coefficient (Wildman–Crippen LogP) is -0.0553. The molecular formula is C5H14N2. The minimum atomic E-state index is -1.51. The summed E-state index contributed by atoms with van der Waals surface area (Å²) in [5.74, 6) is 0. The molecule has 2 nitrogen and oxygen atoms in total. The van der Waals surface area contributed by atoms with Crippen molar-refractivity contribution in [2.75, 3.05) is 19.6 Å². The van der Waals surface area contributed by atoms with Gasteiger partial charge in [-0.05, 0) is 26.0 Å². The Kier molecular flexibility index (Phi) is 3.27. The summed E-state index contributed by atoms with van der Waals surface area (Å²) in [4.78, 5) is 0. The Labute approximate surface area is 47.9 Å². The minimum Gasteiger partial charge on any atom is -0.330 e. The summed E-state index contributed by atoms with van der Waals surface area (Å²) in [5.41, 5.74) is 5.07. The molecule has 0 aromatic rings. The molecule has 7 heavy (non-hydrogen) atoms. The fourth-order valence-corrected chi connectivity index (χ4v) is 0.337. The maximum Gasteiger partial charge on any atom is 0.0426 e. The quantitative estimate of drug-likeness (QED) is 0.490. The van der Waals surface area contributed by atoms with Crippen molar-refractivity contribution in [3.8, 4) is 0 Å². The van der Waals surface area contributed by atoms with Gasteiger partial charge in [0.1, 0.15) is 0 Å². The van der Waals surface area contributed by atoms with E-state index in [2.05, 4.69) is 5.32 Å². The average molecular weight is 104 g/mol. The molecule has 0 aliphatic heterocycles. The highest BCUT2D eigenvalue weighted by atomic mass is 14.8. The van der Waals surface area contributed by atoms with E-state index in [1.165, 1.54) is 0 Å². The first-order chi connectivity index (χ1) is 4.06. The van der Waals surface area contributed by atoms with Crippen molar-refractivity contribution >= 4 is 0 Å². The highest BCUT2D eigenvalue weighted by molar-refractivity contribution is 4.42. The van der Waals surface area contributed by atoms with Crippen LogP contribution in [0.3, 0.4) is 0 Å². The van der Waals surface area contributed by atoms with Gasteiger partial charge in [0.25, 0.3) is 0 Å². The highest BCUT2D eigenvalue weighted by Crippen LogP contribution is 1.66. The van der Waals surface area contributed by atoms with Crippen LogP contribution in [0.25, 0.3) is 0 Å². The molecule has 0 bridgehead atoms. The molecule has 0 radical (unpaired) electrons. The van der Waals surface area contributed by atoms with Crippen molar-refractivity contribution in [2.24, 2.45) is 5.73 Å². The molecule has 0 aromatic carbocycles. The van der Waals surface area contributed by atoms with Gasteiger partial charge in [-0.15, -0.1) is 0 Å². The largest absolute Gasteiger partial charge is 0.330 e. The predicted molar refractivity (Wildman–Crippen MR) is 32.2 cm³/mol. The summed E-state index contributed by atoms with van der Waals surface area (Å²) < 4.78 is 13.8. The zero-order valence-electron chi connectivity index (χ0n) is 6.70. The van der Waals surface area contributed by atoms with E-state index in [0.29, 0.717) is 13.0 Å². The Hall–Kier alpha value is -0.0800. The van der Waals surface area contributed by atoms with Gasteiger partial charge in [0.15, 0.2) is 0 Å². The summed E-state index contributed by atoms with van der Waals surface area (Å²) in [6.45, 7) is 1.99. The van der Waals surface area contributed by atoms with Crippen LogP contribution in [0.15, 0.2) is 0 Å². The number of nitrogens with one attached hydrogen (secondary N) is 1. The lowest BCUT2D eigenvalue weighted by molar-refractivity contribution is 0.679. The van der Waals surface area contributed by atoms with Crippen LogP contribution in [0.4, 0.5) is 0 Å². The van der Waals surface area contributed by atoms with Gasteiger partial charge >= 0.3 is 0 Å². The lowest BCUT2D eigenvalue weighted by atomic mass is 10.4. The van der Waals surface area contributed by atoms with Crippen molar-refractivity contribution in [1.82, 2.24) is 5.32 Å². The van der Waals surface area contributed by atoms with E-state index in [9.17, 15) is 0 Å². The summed E-state index contributed by atoms with van der Waals surface area (Å²) in [5, 5.41) is 2.98. The van der Waals surface area contributed by atoms with Crippen molar-refractivity contribution in [3.63, 3.8) is 0 Å². The smallest absolute Gasteiger partial charge is 0.0426 e. The molecule has 0 aliphatic rings. The third-order valence-electron chi connectivity index (χ3n) is 0.696. The first-order valence-electron chi connectivity index (χ1n) is 3.56. The van der Waals surface area contributed by atoms with Crippen molar-refractivity contribution in [2.45, 2.75) is 13.3 Å². The van der Waals surface area contributed by atoms with Gasteiger partial charge in [-0.25, -0.2) is 0 Å². The second-order valence-corrected chi connectivity index (χ2v) is 1.31. The molecule has 44 valence electrons. The third-order valence-corrected chi connectivity index (χ3v) is 0.696. The van der Waals surface area contributed by atoms with E-state index in [1.807, 2.05) is 6.92 Å². The number of hydrogen-bond donors (Lipinski definition) is 2. The maximum atomic E-state index is 6.91. The van der Waals surface area contributed by atoms with E-state index in [-0.39, 0.29) is 0 Å². The zero-order chi connectivity index (χ0) is 7.33. The van der Waals surface area contributed by atoms with Crippen molar-refractivity contribution < 1.29 is 2.74 Å². The molecule has 0 atom stereocenters. The molecule has 0 rings (SSSR count). The molecule has 3 N–H and O–H groups in total. The fourth-order valence-electron chi connectivity index (χ4n) is 0.337. The van der Waals surface area contributed by atoms with E-state index in [4.69, 9.17) is 8.48 Å². The van der Waals surface area contributed by atoms with E-state index < -0.39 is 6.50 Å².